The van der Waals surface area contributed by atoms with Crippen LogP contribution < -0.4 is 10.5 Å². The lowest BCUT2D eigenvalue weighted by molar-refractivity contribution is 0.305. The summed E-state index contributed by atoms with van der Waals surface area (Å²) in [5.74, 6) is 0.267. The van der Waals surface area contributed by atoms with Crippen molar-refractivity contribution in [2.24, 2.45) is 5.73 Å². The lowest BCUT2D eigenvalue weighted by atomic mass is 10.2. The van der Waals surface area contributed by atoms with E-state index in [1.807, 2.05) is 24.3 Å². The predicted octanol–water partition coefficient (Wildman–Crippen LogP) is 3.52. The summed E-state index contributed by atoms with van der Waals surface area (Å²) in [6.45, 7) is 0.731. The lowest BCUT2D eigenvalue weighted by Gasteiger charge is -2.08. The molecule has 0 saturated heterocycles. The van der Waals surface area contributed by atoms with E-state index in [0.29, 0.717) is 17.9 Å². The molecule has 0 fully saturated rings. The highest BCUT2D eigenvalue weighted by atomic mass is 35.5. The molecular formula is C14H13ClFNO. The van der Waals surface area contributed by atoms with Crippen molar-refractivity contribution in [3.05, 3.63) is 64.4 Å². The quantitative estimate of drug-likeness (QED) is 0.918. The Morgan fingerprint density at radius 2 is 1.83 bits per heavy atom. The maximum atomic E-state index is 13.2. The van der Waals surface area contributed by atoms with Crippen LogP contribution in [0.25, 0.3) is 0 Å². The zero-order valence-electron chi connectivity index (χ0n) is 9.70. The fraction of sp³-hybridized carbons (Fsp3) is 0.143. The molecule has 4 heteroatoms. The molecule has 0 spiro atoms. The monoisotopic (exact) mass is 265 g/mol. The first-order valence-electron chi connectivity index (χ1n) is 5.55. The first-order valence-corrected chi connectivity index (χ1v) is 5.93. The summed E-state index contributed by atoms with van der Waals surface area (Å²) in [4.78, 5) is 0. The number of halogens is 2. The average molecular weight is 266 g/mol. The normalized spacial score (nSPS) is 10.4. The van der Waals surface area contributed by atoms with Crippen LogP contribution in [0.3, 0.4) is 0 Å². The molecular weight excluding hydrogens is 253 g/mol. The van der Waals surface area contributed by atoms with Gasteiger partial charge in [-0.3, -0.25) is 0 Å². The van der Waals surface area contributed by atoms with Crippen molar-refractivity contribution in [3.8, 4) is 5.75 Å². The third-order valence-electron chi connectivity index (χ3n) is 2.58. The van der Waals surface area contributed by atoms with E-state index in [1.165, 1.54) is 6.07 Å². The Morgan fingerprint density at radius 1 is 1.11 bits per heavy atom. The largest absolute Gasteiger partial charge is 0.489 e. The van der Waals surface area contributed by atoms with E-state index >= 15 is 0 Å². The zero-order chi connectivity index (χ0) is 13.0. The number of hydrogen-bond donors (Lipinski definition) is 1. The summed E-state index contributed by atoms with van der Waals surface area (Å²) >= 11 is 5.84. The van der Waals surface area contributed by atoms with Crippen LogP contribution in [0.4, 0.5) is 4.39 Å². The molecule has 0 bridgehead atoms. The first kappa shape index (κ1) is 12.9. The van der Waals surface area contributed by atoms with Gasteiger partial charge in [-0.25, -0.2) is 4.39 Å². The minimum Gasteiger partial charge on any atom is -0.489 e. The molecule has 0 heterocycles. The summed E-state index contributed by atoms with van der Waals surface area (Å²) in [5, 5.41) is 0.107. The van der Waals surface area contributed by atoms with Crippen LogP contribution >= 0.6 is 11.6 Å². The molecule has 0 amide bonds. The SMILES string of the molecule is NCc1ccc(OCc2cccc(F)c2Cl)cc1. The molecule has 2 aromatic rings. The third-order valence-corrected chi connectivity index (χ3v) is 3.01. The highest BCUT2D eigenvalue weighted by Gasteiger charge is 2.06. The van der Waals surface area contributed by atoms with Gasteiger partial charge in [-0.1, -0.05) is 35.9 Å². The molecule has 0 aromatic heterocycles. The van der Waals surface area contributed by atoms with Crippen molar-refractivity contribution in [1.29, 1.82) is 0 Å². The number of hydrogen-bond acceptors (Lipinski definition) is 2. The van der Waals surface area contributed by atoms with Gasteiger partial charge in [0.2, 0.25) is 0 Å². The molecule has 0 aliphatic rings. The Bertz CT molecular complexity index is 528. The molecule has 2 rings (SSSR count). The summed E-state index contributed by atoms with van der Waals surface area (Å²) in [5.41, 5.74) is 7.16. The van der Waals surface area contributed by atoms with Gasteiger partial charge in [0.25, 0.3) is 0 Å². The predicted molar refractivity (Wildman–Crippen MR) is 70.1 cm³/mol. The van der Waals surface area contributed by atoms with Crippen LogP contribution in [-0.2, 0) is 13.2 Å². The van der Waals surface area contributed by atoms with Crippen LogP contribution in [0.2, 0.25) is 5.02 Å². The van der Waals surface area contributed by atoms with Crippen molar-refractivity contribution in [2.45, 2.75) is 13.2 Å². The molecule has 0 aliphatic heterocycles. The first-order chi connectivity index (χ1) is 8.70. The van der Waals surface area contributed by atoms with Gasteiger partial charge in [0, 0.05) is 12.1 Å². The molecule has 18 heavy (non-hydrogen) atoms. The van der Waals surface area contributed by atoms with Crippen molar-refractivity contribution in [2.75, 3.05) is 0 Å². The summed E-state index contributed by atoms with van der Waals surface area (Å²) in [6, 6.07) is 12.1. The summed E-state index contributed by atoms with van der Waals surface area (Å²) < 4.78 is 18.7. The zero-order valence-corrected chi connectivity index (χ0v) is 10.5. The Kier molecular flexibility index (Phi) is 4.18. The van der Waals surface area contributed by atoms with Gasteiger partial charge in [0.15, 0.2) is 0 Å². The van der Waals surface area contributed by atoms with Crippen LogP contribution in [-0.4, -0.2) is 0 Å². The third kappa shape index (κ3) is 3.00. The maximum absolute atomic E-state index is 13.2. The molecule has 0 radical (unpaired) electrons. The van der Waals surface area contributed by atoms with E-state index < -0.39 is 5.82 Å². The Balaban J connectivity index is 2.04. The smallest absolute Gasteiger partial charge is 0.142 e. The second-order valence-electron chi connectivity index (χ2n) is 3.85. The Morgan fingerprint density at radius 3 is 2.50 bits per heavy atom. The van der Waals surface area contributed by atoms with Crippen molar-refractivity contribution in [1.82, 2.24) is 0 Å². The molecule has 0 saturated carbocycles. The average Bonchev–Trinajstić information content (AvgIpc) is 2.41. The van der Waals surface area contributed by atoms with E-state index in [0.717, 1.165) is 5.56 Å². The summed E-state index contributed by atoms with van der Waals surface area (Å²) in [7, 11) is 0. The molecule has 2 nitrogen and oxygen atoms in total. The van der Waals surface area contributed by atoms with Gasteiger partial charge in [0.05, 0.1) is 5.02 Å². The van der Waals surface area contributed by atoms with Gasteiger partial charge in [-0.15, -0.1) is 0 Å². The molecule has 0 unspecified atom stereocenters. The highest BCUT2D eigenvalue weighted by molar-refractivity contribution is 6.31. The van der Waals surface area contributed by atoms with E-state index in [2.05, 4.69) is 0 Å². The topological polar surface area (TPSA) is 35.2 Å². The van der Waals surface area contributed by atoms with Gasteiger partial charge < -0.3 is 10.5 Å². The number of nitrogens with two attached hydrogens (primary N) is 1. The van der Waals surface area contributed by atoms with Crippen molar-refractivity contribution in [3.63, 3.8) is 0 Å². The second kappa shape index (κ2) is 5.85. The maximum Gasteiger partial charge on any atom is 0.142 e. The van der Waals surface area contributed by atoms with Crippen LogP contribution in [0.1, 0.15) is 11.1 Å². The molecule has 94 valence electrons. The standard InChI is InChI=1S/C14H13ClFNO/c15-14-11(2-1-3-13(14)16)9-18-12-6-4-10(8-17)5-7-12/h1-7H,8-9,17H2. The van der Waals surface area contributed by atoms with Crippen LogP contribution in [0.15, 0.2) is 42.5 Å². The fourth-order valence-corrected chi connectivity index (χ4v) is 1.72. The Labute approximate surface area is 110 Å². The molecule has 0 atom stereocenters. The van der Waals surface area contributed by atoms with Gasteiger partial charge in [-0.05, 0) is 23.8 Å². The number of rotatable bonds is 4. The van der Waals surface area contributed by atoms with E-state index in [-0.39, 0.29) is 11.6 Å². The summed E-state index contributed by atoms with van der Waals surface area (Å²) in [6.07, 6.45) is 0. The van der Waals surface area contributed by atoms with Gasteiger partial charge in [-0.2, -0.15) is 0 Å². The van der Waals surface area contributed by atoms with E-state index in [4.69, 9.17) is 22.1 Å². The Hall–Kier alpha value is -1.58. The van der Waals surface area contributed by atoms with Gasteiger partial charge >= 0.3 is 0 Å². The lowest BCUT2D eigenvalue weighted by Crippen LogP contribution is -1.99. The minimum absolute atomic E-state index is 0.107. The van der Waals surface area contributed by atoms with Crippen LogP contribution in [0.5, 0.6) is 5.75 Å². The highest BCUT2D eigenvalue weighted by Crippen LogP contribution is 2.21. The van der Waals surface area contributed by atoms with Crippen molar-refractivity contribution < 1.29 is 9.13 Å². The van der Waals surface area contributed by atoms with E-state index in [1.54, 1.807) is 12.1 Å². The minimum atomic E-state index is -0.434. The number of ether oxygens (including phenoxy) is 1. The van der Waals surface area contributed by atoms with Gasteiger partial charge in [0.1, 0.15) is 18.2 Å². The van der Waals surface area contributed by atoms with Crippen LogP contribution in [0, 0.1) is 5.82 Å². The molecule has 2 aromatic carbocycles. The second-order valence-corrected chi connectivity index (χ2v) is 4.23. The molecule has 0 aliphatic carbocycles. The van der Waals surface area contributed by atoms with Crippen molar-refractivity contribution >= 4 is 11.6 Å². The van der Waals surface area contributed by atoms with E-state index in [9.17, 15) is 4.39 Å². The number of benzene rings is 2. The fourth-order valence-electron chi connectivity index (χ4n) is 1.54. The molecule has 2 N–H and O–H groups in total.